The van der Waals surface area contributed by atoms with Gasteiger partial charge in [-0.3, -0.25) is 0 Å². The first kappa shape index (κ1) is 22.9. The Morgan fingerprint density at radius 1 is 0.906 bits per heavy atom. The number of carboxylic acid groups (broad SMARTS) is 1. The fourth-order valence-electron chi connectivity index (χ4n) is 2.74. The molecular weight excluding hydrogens is 480 g/mol. The highest BCUT2D eigenvalue weighted by molar-refractivity contribution is 9.10. The van der Waals surface area contributed by atoms with Crippen LogP contribution in [-0.4, -0.2) is 55.3 Å². The van der Waals surface area contributed by atoms with Gasteiger partial charge in [0.1, 0.15) is 16.1 Å². The molecule has 0 radical (unpaired) electrons. The van der Waals surface area contributed by atoms with Gasteiger partial charge >= 0.3 is 5.97 Å². The fraction of sp³-hybridized carbons (Fsp3) is 0.190. The Morgan fingerprint density at radius 3 is 1.88 bits per heavy atom. The maximum atomic E-state index is 10.6. The van der Waals surface area contributed by atoms with E-state index >= 15 is 0 Å². The van der Waals surface area contributed by atoms with E-state index in [4.69, 9.17) is 14.6 Å². The van der Waals surface area contributed by atoms with Gasteiger partial charge in [-0.1, -0.05) is 34.7 Å². The zero-order chi connectivity index (χ0) is 22.9. The predicted molar refractivity (Wildman–Crippen MR) is 119 cm³/mol. The zero-order valence-electron chi connectivity index (χ0n) is 17.4. The van der Waals surface area contributed by atoms with Crippen LogP contribution < -0.4 is 9.47 Å². The van der Waals surface area contributed by atoms with Crippen LogP contribution in [0.2, 0.25) is 0 Å². The Balaban J connectivity index is 0.000000182. The summed E-state index contributed by atoms with van der Waals surface area (Å²) in [5.41, 5.74) is 2.03. The first-order chi connectivity index (χ1) is 15.5. The van der Waals surface area contributed by atoms with E-state index in [-0.39, 0.29) is 5.69 Å². The molecule has 10 nitrogen and oxygen atoms in total. The maximum Gasteiger partial charge on any atom is 0.358 e. The summed E-state index contributed by atoms with van der Waals surface area (Å²) in [6.45, 7) is 1.15. The van der Waals surface area contributed by atoms with Crippen molar-refractivity contribution in [1.82, 2.24) is 30.0 Å². The summed E-state index contributed by atoms with van der Waals surface area (Å²) in [7, 11) is 3.25. The first-order valence-electron chi connectivity index (χ1n) is 9.41. The third-order valence-corrected chi connectivity index (χ3v) is 4.59. The van der Waals surface area contributed by atoms with Crippen molar-refractivity contribution >= 4 is 21.9 Å². The fourth-order valence-corrected chi connectivity index (χ4v) is 3.05. The summed E-state index contributed by atoms with van der Waals surface area (Å²) in [6, 6.07) is 15.4. The van der Waals surface area contributed by atoms with Gasteiger partial charge in [0.05, 0.1) is 39.7 Å². The lowest BCUT2D eigenvalue weighted by molar-refractivity contribution is 0.0690. The second-order valence-corrected chi connectivity index (χ2v) is 7.36. The molecule has 4 rings (SSSR count). The Morgan fingerprint density at radius 2 is 1.44 bits per heavy atom. The average molecular weight is 501 g/mol. The molecule has 0 unspecified atom stereocenters. The van der Waals surface area contributed by atoms with E-state index in [0.29, 0.717) is 13.1 Å². The standard InChI is InChI=1S/C11H11N3O3.C10H10BrN3O/c1-17-9-4-2-3-8(5-9)6-14-7-10(11(15)16)12-13-14;1-15-9-4-2-3-8(5-9)6-14-7-10(11)12-13-14/h2-5,7H,6H2,1H3,(H,15,16);2-5,7H,6H2,1H3. The van der Waals surface area contributed by atoms with Crippen LogP contribution in [0.4, 0.5) is 0 Å². The number of halogens is 1. The molecule has 0 bridgehead atoms. The minimum absolute atomic E-state index is 0.0621. The van der Waals surface area contributed by atoms with E-state index in [9.17, 15) is 4.79 Å². The van der Waals surface area contributed by atoms with E-state index in [1.807, 2.05) is 54.7 Å². The average Bonchev–Trinajstić information content (AvgIpc) is 3.43. The van der Waals surface area contributed by atoms with Crippen molar-refractivity contribution < 1.29 is 19.4 Å². The van der Waals surface area contributed by atoms with Crippen LogP contribution in [-0.2, 0) is 13.1 Å². The van der Waals surface area contributed by atoms with Gasteiger partial charge in [0.25, 0.3) is 0 Å². The number of hydrogen-bond donors (Lipinski definition) is 1. The minimum atomic E-state index is -1.08. The minimum Gasteiger partial charge on any atom is -0.497 e. The monoisotopic (exact) mass is 500 g/mol. The number of aromatic carboxylic acids is 1. The summed E-state index contributed by atoms with van der Waals surface area (Å²) in [4.78, 5) is 10.6. The van der Waals surface area contributed by atoms with Gasteiger partial charge in [0.2, 0.25) is 0 Å². The van der Waals surface area contributed by atoms with Gasteiger partial charge in [0, 0.05) is 0 Å². The zero-order valence-corrected chi connectivity index (χ0v) is 19.0. The van der Waals surface area contributed by atoms with Crippen LogP contribution in [0.15, 0.2) is 65.5 Å². The third kappa shape index (κ3) is 6.64. The quantitative estimate of drug-likeness (QED) is 0.411. The molecule has 0 spiro atoms. The van der Waals surface area contributed by atoms with Crippen LogP contribution >= 0.6 is 15.9 Å². The normalized spacial score (nSPS) is 10.2. The molecular formula is C21H21BrN6O4. The molecule has 0 aliphatic rings. The second-order valence-electron chi connectivity index (χ2n) is 6.55. The Kier molecular flexibility index (Phi) is 7.92. The maximum absolute atomic E-state index is 10.6. The SMILES string of the molecule is COc1cccc(Cn2cc(Br)nn2)c1.COc1cccc(Cn2cc(C(=O)O)nn2)c1. The lowest BCUT2D eigenvalue weighted by atomic mass is 10.2. The number of rotatable bonds is 7. The third-order valence-electron chi connectivity index (χ3n) is 4.23. The molecule has 0 amide bonds. The molecule has 0 saturated heterocycles. The molecule has 0 atom stereocenters. The molecule has 1 N–H and O–H groups in total. The number of benzene rings is 2. The van der Waals surface area contributed by atoms with Crippen molar-refractivity contribution in [3.63, 3.8) is 0 Å². The number of nitrogens with zero attached hydrogens (tertiary/aromatic N) is 6. The number of carbonyl (C=O) groups is 1. The Labute approximate surface area is 192 Å². The molecule has 32 heavy (non-hydrogen) atoms. The van der Waals surface area contributed by atoms with E-state index in [0.717, 1.165) is 27.2 Å². The van der Waals surface area contributed by atoms with Gasteiger partial charge in [-0.25, -0.2) is 14.2 Å². The smallest absolute Gasteiger partial charge is 0.358 e. The molecule has 11 heteroatoms. The predicted octanol–water partition coefficient (Wildman–Crippen LogP) is 3.13. The van der Waals surface area contributed by atoms with Crippen molar-refractivity contribution in [2.75, 3.05) is 14.2 Å². The number of aromatic nitrogens is 6. The number of hydrogen-bond acceptors (Lipinski definition) is 7. The Hall–Kier alpha value is -3.73. The van der Waals surface area contributed by atoms with Crippen molar-refractivity contribution in [3.05, 3.63) is 82.3 Å². The van der Waals surface area contributed by atoms with Gasteiger partial charge in [-0.05, 0) is 51.3 Å². The van der Waals surface area contributed by atoms with Crippen molar-refractivity contribution in [2.45, 2.75) is 13.1 Å². The van der Waals surface area contributed by atoms with Crippen LogP contribution in [0.3, 0.4) is 0 Å². The molecule has 4 aromatic rings. The molecule has 0 fully saturated rings. The molecule has 0 aliphatic carbocycles. The van der Waals surface area contributed by atoms with E-state index < -0.39 is 5.97 Å². The molecule has 2 aromatic heterocycles. The highest BCUT2D eigenvalue weighted by Gasteiger charge is 2.08. The van der Waals surface area contributed by atoms with Gasteiger partial charge in [0.15, 0.2) is 5.69 Å². The summed E-state index contributed by atoms with van der Waals surface area (Å²) in [5.74, 6) is 0.523. The highest BCUT2D eigenvalue weighted by atomic mass is 79.9. The van der Waals surface area contributed by atoms with Gasteiger partial charge in [-0.15, -0.1) is 10.2 Å². The summed E-state index contributed by atoms with van der Waals surface area (Å²) < 4.78 is 14.2. The van der Waals surface area contributed by atoms with Crippen molar-refractivity contribution in [2.24, 2.45) is 0 Å². The largest absolute Gasteiger partial charge is 0.497 e. The summed E-state index contributed by atoms with van der Waals surface area (Å²) in [6.07, 6.45) is 3.22. The number of ether oxygens (including phenoxy) is 2. The lowest BCUT2D eigenvalue weighted by Crippen LogP contribution is -2.00. The molecule has 2 aromatic carbocycles. The second kappa shape index (κ2) is 11.0. The number of carboxylic acids is 1. The molecule has 0 saturated carbocycles. The van der Waals surface area contributed by atoms with Crippen LogP contribution in [0.1, 0.15) is 21.6 Å². The van der Waals surface area contributed by atoms with E-state index in [1.54, 1.807) is 18.9 Å². The highest BCUT2D eigenvalue weighted by Crippen LogP contribution is 2.14. The molecule has 2 heterocycles. The van der Waals surface area contributed by atoms with Crippen LogP contribution in [0.25, 0.3) is 0 Å². The Bertz CT molecular complexity index is 1180. The van der Waals surface area contributed by atoms with Gasteiger partial charge in [-0.2, -0.15) is 0 Å². The lowest BCUT2D eigenvalue weighted by Gasteiger charge is -2.03. The van der Waals surface area contributed by atoms with Crippen LogP contribution in [0.5, 0.6) is 11.5 Å². The number of methoxy groups -OCH3 is 2. The molecule has 0 aliphatic heterocycles. The summed E-state index contributed by atoms with van der Waals surface area (Å²) in [5, 5.41) is 23.8. The van der Waals surface area contributed by atoms with E-state index in [2.05, 4.69) is 36.6 Å². The van der Waals surface area contributed by atoms with Gasteiger partial charge < -0.3 is 14.6 Å². The van der Waals surface area contributed by atoms with Crippen molar-refractivity contribution in [3.8, 4) is 11.5 Å². The van der Waals surface area contributed by atoms with Crippen molar-refractivity contribution in [1.29, 1.82) is 0 Å². The topological polar surface area (TPSA) is 117 Å². The van der Waals surface area contributed by atoms with E-state index in [1.165, 1.54) is 10.9 Å². The molecule has 166 valence electrons. The van der Waals surface area contributed by atoms with Crippen LogP contribution in [0, 0.1) is 0 Å². The summed E-state index contributed by atoms with van der Waals surface area (Å²) >= 11 is 3.25. The first-order valence-corrected chi connectivity index (χ1v) is 10.2.